The number of nitrogens with one attached hydrogen (secondary N) is 1. The van der Waals surface area contributed by atoms with Gasteiger partial charge in [-0.3, -0.25) is 0 Å². The molecule has 1 amide bonds. The highest BCUT2D eigenvalue weighted by molar-refractivity contribution is 5.67. The van der Waals surface area contributed by atoms with Gasteiger partial charge in [-0.1, -0.05) is 18.1 Å². The Balaban J connectivity index is 2.04. The minimum Gasteiger partial charge on any atom is -0.444 e. The molecule has 0 aliphatic rings. The number of aryl methyl sites for hydroxylation is 1. The fourth-order valence-electron chi connectivity index (χ4n) is 2.13. The van der Waals surface area contributed by atoms with Gasteiger partial charge >= 0.3 is 6.09 Å². The Bertz CT molecular complexity index is 485. The fourth-order valence-corrected chi connectivity index (χ4v) is 2.13. The summed E-state index contributed by atoms with van der Waals surface area (Å²) in [6.07, 6.45) is 6.49. The number of unbranched alkanes of at least 4 members (excludes halogenated alkanes) is 3. The Morgan fingerprint density at radius 3 is 2.72 bits per heavy atom. The molecule has 0 fully saturated rings. The molecule has 1 aromatic rings. The van der Waals surface area contributed by atoms with Crippen molar-refractivity contribution in [2.75, 3.05) is 26.4 Å². The van der Waals surface area contributed by atoms with E-state index < -0.39 is 11.7 Å². The number of rotatable bonds is 12. The van der Waals surface area contributed by atoms with E-state index in [2.05, 4.69) is 15.6 Å². The summed E-state index contributed by atoms with van der Waals surface area (Å²) in [5.41, 5.74) is 0.491. The van der Waals surface area contributed by atoms with E-state index in [0.717, 1.165) is 37.8 Å². The van der Waals surface area contributed by atoms with Crippen LogP contribution in [-0.4, -0.2) is 58.2 Å². The number of aliphatic hydroxyl groups excluding tert-OH is 1. The topological polar surface area (TPSA) is 98.5 Å². The SMILES string of the molecule is CC(C)(C)OC(=O)NCCOCCn1cc(CCCCCCO)nn1. The summed E-state index contributed by atoms with van der Waals surface area (Å²) in [5, 5.41) is 19.6. The Hall–Kier alpha value is -1.67. The van der Waals surface area contributed by atoms with Gasteiger partial charge in [0.1, 0.15) is 5.60 Å². The molecule has 0 spiro atoms. The molecule has 0 aromatic carbocycles. The molecule has 25 heavy (non-hydrogen) atoms. The number of hydrogen-bond donors (Lipinski definition) is 2. The predicted molar refractivity (Wildman–Crippen MR) is 94.3 cm³/mol. The van der Waals surface area contributed by atoms with Crippen LogP contribution in [0.3, 0.4) is 0 Å². The Morgan fingerprint density at radius 2 is 2.00 bits per heavy atom. The van der Waals surface area contributed by atoms with E-state index in [-0.39, 0.29) is 6.61 Å². The number of carbonyl (C=O) groups is 1. The quantitative estimate of drug-likeness (QED) is 0.555. The number of aromatic nitrogens is 3. The summed E-state index contributed by atoms with van der Waals surface area (Å²) in [5.74, 6) is 0. The number of alkyl carbamates (subject to hydrolysis) is 1. The average molecular weight is 356 g/mol. The van der Waals surface area contributed by atoms with E-state index in [4.69, 9.17) is 14.6 Å². The molecule has 0 saturated carbocycles. The van der Waals surface area contributed by atoms with E-state index in [1.54, 1.807) is 4.68 Å². The molecular formula is C17H32N4O4. The van der Waals surface area contributed by atoms with Crippen molar-refractivity contribution >= 4 is 6.09 Å². The molecule has 0 radical (unpaired) electrons. The van der Waals surface area contributed by atoms with Crippen LogP contribution in [0.25, 0.3) is 0 Å². The standard InChI is InChI=1S/C17H32N4O4/c1-17(2,3)25-16(23)18-9-12-24-13-10-21-14-15(19-20-21)8-6-4-5-7-11-22/h14,22H,4-13H2,1-3H3,(H,18,23). The van der Waals surface area contributed by atoms with Crippen molar-refractivity contribution in [3.8, 4) is 0 Å². The van der Waals surface area contributed by atoms with Crippen molar-refractivity contribution in [1.29, 1.82) is 0 Å². The van der Waals surface area contributed by atoms with Crippen LogP contribution >= 0.6 is 0 Å². The molecule has 0 bridgehead atoms. The van der Waals surface area contributed by atoms with Gasteiger partial charge in [-0.25, -0.2) is 9.48 Å². The van der Waals surface area contributed by atoms with Crippen molar-refractivity contribution < 1.29 is 19.4 Å². The zero-order valence-electron chi connectivity index (χ0n) is 15.7. The molecule has 144 valence electrons. The van der Waals surface area contributed by atoms with Gasteiger partial charge in [0, 0.05) is 19.3 Å². The van der Waals surface area contributed by atoms with Crippen LogP contribution in [0.2, 0.25) is 0 Å². The van der Waals surface area contributed by atoms with Crippen LogP contribution in [0.1, 0.15) is 52.1 Å². The van der Waals surface area contributed by atoms with Crippen LogP contribution in [0.4, 0.5) is 4.79 Å². The summed E-state index contributed by atoms with van der Waals surface area (Å²) < 4.78 is 12.4. The Kier molecular flexibility index (Phi) is 10.1. The molecule has 0 unspecified atom stereocenters. The third-order valence-electron chi connectivity index (χ3n) is 3.31. The van der Waals surface area contributed by atoms with Gasteiger partial charge in [0.2, 0.25) is 0 Å². The minimum absolute atomic E-state index is 0.267. The number of amides is 1. The molecule has 1 rings (SSSR count). The van der Waals surface area contributed by atoms with Gasteiger partial charge in [0.25, 0.3) is 0 Å². The maximum absolute atomic E-state index is 11.4. The van der Waals surface area contributed by atoms with Crippen molar-refractivity contribution in [2.24, 2.45) is 0 Å². The second-order valence-corrected chi connectivity index (χ2v) is 6.90. The second-order valence-electron chi connectivity index (χ2n) is 6.90. The third-order valence-corrected chi connectivity index (χ3v) is 3.31. The molecular weight excluding hydrogens is 324 g/mol. The maximum atomic E-state index is 11.4. The van der Waals surface area contributed by atoms with Crippen molar-refractivity contribution in [2.45, 2.75) is 65.0 Å². The number of ether oxygens (including phenoxy) is 2. The fraction of sp³-hybridized carbons (Fsp3) is 0.824. The highest BCUT2D eigenvalue weighted by Crippen LogP contribution is 2.06. The van der Waals surface area contributed by atoms with Crippen molar-refractivity contribution in [1.82, 2.24) is 20.3 Å². The molecule has 8 heteroatoms. The van der Waals surface area contributed by atoms with Crippen molar-refractivity contribution in [3.63, 3.8) is 0 Å². The molecule has 1 aromatic heterocycles. The lowest BCUT2D eigenvalue weighted by Gasteiger charge is -2.19. The number of aliphatic hydroxyl groups is 1. The van der Waals surface area contributed by atoms with E-state index in [9.17, 15) is 4.79 Å². The van der Waals surface area contributed by atoms with E-state index in [1.807, 2.05) is 27.0 Å². The van der Waals surface area contributed by atoms with Crippen LogP contribution < -0.4 is 5.32 Å². The first-order valence-corrected chi connectivity index (χ1v) is 8.95. The van der Waals surface area contributed by atoms with Gasteiger partial charge in [-0.05, 0) is 40.0 Å². The molecule has 1 heterocycles. The molecule has 8 nitrogen and oxygen atoms in total. The normalized spacial score (nSPS) is 11.5. The Labute approximate surface area is 149 Å². The summed E-state index contributed by atoms with van der Waals surface area (Å²) in [7, 11) is 0. The van der Waals surface area contributed by atoms with Crippen molar-refractivity contribution in [3.05, 3.63) is 11.9 Å². The van der Waals surface area contributed by atoms with Crippen LogP contribution in [0.15, 0.2) is 6.20 Å². The van der Waals surface area contributed by atoms with Gasteiger partial charge < -0.3 is 19.9 Å². The zero-order valence-corrected chi connectivity index (χ0v) is 15.7. The lowest BCUT2D eigenvalue weighted by Crippen LogP contribution is -2.34. The lowest BCUT2D eigenvalue weighted by molar-refractivity contribution is 0.0496. The van der Waals surface area contributed by atoms with Gasteiger partial charge in [-0.15, -0.1) is 5.10 Å². The van der Waals surface area contributed by atoms with E-state index in [0.29, 0.717) is 26.3 Å². The summed E-state index contributed by atoms with van der Waals surface area (Å²) in [6, 6.07) is 0. The summed E-state index contributed by atoms with van der Waals surface area (Å²) in [4.78, 5) is 11.4. The van der Waals surface area contributed by atoms with Gasteiger partial charge in [0.15, 0.2) is 0 Å². The third kappa shape index (κ3) is 11.5. The predicted octanol–water partition coefficient (Wildman–Crippen LogP) is 1.91. The average Bonchev–Trinajstić information content (AvgIpc) is 2.96. The minimum atomic E-state index is -0.491. The molecule has 2 N–H and O–H groups in total. The lowest BCUT2D eigenvalue weighted by atomic mass is 10.1. The molecule has 0 aliphatic heterocycles. The van der Waals surface area contributed by atoms with Crippen LogP contribution in [-0.2, 0) is 22.4 Å². The van der Waals surface area contributed by atoms with Crippen LogP contribution in [0, 0.1) is 0 Å². The number of hydrogen-bond acceptors (Lipinski definition) is 6. The molecule has 0 saturated heterocycles. The molecule has 0 atom stereocenters. The first kappa shape index (κ1) is 21.4. The first-order chi connectivity index (χ1) is 11.9. The van der Waals surface area contributed by atoms with E-state index in [1.165, 1.54) is 0 Å². The zero-order chi connectivity index (χ0) is 18.5. The largest absolute Gasteiger partial charge is 0.444 e. The monoisotopic (exact) mass is 356 g/mol. The van der Waals surface area contributed by atoms with E-state index >= 15 is 0 Å². The number of nitrogens with zero attached hydrogens (tertiary/aromatic N) is 3. The highest BCUT2D eigenvalue weighted by atomic mass is 16.6. The maximum Gasteiger partial charge on any atom is 0.407 e. The van der Waals surface area contributed by atoms with Gasteiger partial charge in [0.05, 0.1) is 25.5 Å². The first-order valence-electron chi connectivity index (χ1n) is 8.95. The highest BCUT2D eigenvalue weighted by Gasteiger charge is 2.15. The van der Waals surface area contributed by atoms with Crippen LogP contribution in [0.5, 0.6) is 0 Å². The van der Waals surface area contributed by atoms with Gasteiger partial charge in [-0.2, -0.15) is 0 Å². The smallest absolute Gasteiger partial charge is 0.407 e. The Morgan fingerprint density at radius 1 is 1.24 bits per heavy atom. The summed E-state index contributed by atoms with van der Waals surface area (Å²) >= 11 is 0. The summed E-state index contributed by atoms with van der Waals surface area (Å²) in [6.45, 7) is 7.71. The second kappa shape index (κ2) is 11.8. The molecule has 0 aliphatic carbocycles. The number of carbonyl (C=O) groups excluding carboxylic acids is 1.